The van der Waals surface area contributed by atoms with Gasteiger partial charge >= 0.3 is 0 Å². The molecule has 0 spiro atoms. The number of aliphatic hydroxyl groups is 1. The van der Waals surface area contributed by atoms with Crippen molar-refractivity contribution < 1.29 is 18.1 Å². The summed E-state index contributed by atoms with van der Waals surface area (Å²) < 4.78 is 31.8. The van der Waals surface area contributed by atoms with Gasteiger partial charge in [-0.3, -0.25) is 4.55 Å². The van der Waals surface area contributed by atoms with E-state index in [-0.39, 0.29) is 6.61 Å². The standard InChI is InChI=1S/C15H32O4S/c1-2-3-4-5-6-7-9-12-15(20(17,18)19)13-10-8-11-14-16/h15-16H,2-14H2,1H3,(H,17,18,19). The molecule has 0 aliphatic heterocycles. The molecule has 0 radical (unpaired) electrons. The van der Waals surface area contributed by atoms with Crippen LogP contribution in [0.1, 0.15) is 84.0 Å². The summed E-state index contributed by atoms with van der Waals surface area (Å²) in [5.41, 5.74) is 0. The van der Waals surface area contributed by atoms with E-state index in [1.807, 2.05) is 0 Å². The SMILES string of the molecule is CCCCCCCCCC(CCCCCO)S(=O)(=O)O. The summed E-state index contributed by atoms with van der Waals surface area (Å²) in [6.45, 7) is 2.34. The van der Waals surface area contributed by atoms with E-state index in [2.05, 4.69) is 6.92 Å². The van der Waals surface area contributed by atoms with Crippen molar-refractivity contribution >= 4 is 10.1 Å². The van der Waals surface area contributed by atoms with Crippen molar-refractivity contribution in [3.05, 3.63) is 0 Å². The van der Waals surface area contributed by atoms with E-state index >= 15 is 0 Å². The molecule has 0 bridgehead atoms. The van der Waals surface area contributed by atoms with Gasteiger partial charge in [0.05, 0.1) is 5.25 Å². The smallest absolute Gasteiger partial charge is 0.267 e. The molecular formula is C15H32O4S. The molecule has 0 fully saturated rings. The molecule has 4 nitrogen and oxygen atoms in total. The van der Waals surface area contributed by atoms with E-state index in [1.54, 1.807) is 0 Å². The van der Waals surface area contributed by atoms with E-state index in [9.17, 15) is 13.0 Å². The second kappa shape index (κ2) is 12.6. The van der Waals surface area contributed by atoms with Gasteiger partial charge in [-0.25, -0.2) is 0 Å². The summed E-state index contributed by atoms with van der Waals surface area (Å²) in [7, 11) is -3.92. The second-order valence-electron chi connectivity index (χ2n) is 5.62. The third-order valence-corrected chi connectivity index (χ3v) is 5.05. The van der Waals surface area contributed by atoms with Gasteiger partial charge in [-0.2, -0.15) is 8.42 Å². The third-order valence-electron chi connectivity index (χ3n) is 3.74. The average Bonchev–Trinajstić information content (AvgIpc) is 2.38. The maximum absolute atomic E-state index is 11.3. The number of aliphatic hydroxyl groups excluding tert-OH is 1. The maximum Gasteiger partial charge on any atom is 0.267 e. The summed E-state index contributed by atoms with van der Waals surface area (Å²) in [5.74, 6) is 0. The largest absolute Gasteiger partial charge is 0.396 e. The first-order chi connectivity index (χ1) is 9.52. The quantitative estimate of drug-likeness (QED) is 0.376. The molecule has 0 aromatic rings. The van der Waals surface area contributed by atoms with Crippen molar-refractivity contribution in [2.24, 2.45) is 0 Å². The molecule has 1 unspecified atom stereocenters. The molecule has 0 aromatic carbocycles. The molecule has 122 valence electrons. The van der Waals surface area contributed by atoms with Gasteiger partial charge in [0.2, 0.25) is 0 Å². The predicted octanol–water partition coefficient (Wildman–Crippen LogP) is 3.94. The highest BCUT2D eigenvalue weighted by atomic mass is 32.2. The number of rotatable bonds is 14. The van der Waals surface area contributed by atoms with Crippen LogP contribution in [0, 0.1) is 0 Å². The van der Waals surface area contributed by atoms with Gasteiger partial charge in [0, 0.05) is 6.61 Å². The number of hydrogen-bond acceptors (Lipinski definition) is 3. The van der Waals surface area contributed by atoms with Crippen LogP contribution < -0.4 is 0 Å². The van der Waals surface area contributed by atoms with Gasteiger partial charge in [-0.15, -0.1) is 0 Å². The van der Waals surface area contributed by atoms with Gasteiger partial charge in [0.25, 0.3) is 10.1 Å². The Morgan fingerprint density at radius 2 is 1.25 bits per heavy atom. The molecular weight excluding hydrogens is 276 g/mol. The molecule has 0 heterocycles. The van der Waals surface area contributed by atoms with Gasteiger partial charge in [-0.05, 0) is 19.3 Å². The van der Waals surface area contributed by atoms with Crippen molar-refractivity contribution in [3.8, 4) is 0 Å². The Kier molecular flexibility index (Phi) is 12.5. The summed E-state index contributed by atoms with van der Waals surface area (Å²) in [6.07, 6.45) is 11.4. The lowest BCUT2D eigenvalue weighted by Crippen LogP contribution is -2.20. The van der Waals surface area contributed by atoms with Crippen LogP contribution in [0.15, 0.2) is 0 Å². The van der Waals surface area contributed by atoms with E-state index in [0.29, 0.717) is 19.3 Å². The molecule has 0 saturated carbocycles. The van der Waals surface area contributed by atoms with Gasteiger partial charge in [0.15, 0.2) is 0 Å². The third kappa shape index (κ3) is 11.7. The lowest BCUT2D eigenvalue weighted by Gasteiger charge is -2.13. The van der Waals surface area contributed by atoms with Crippen LogP contribution in [0.25, 0.3) is 0 Å². The van der Waals surface area contributed by atoms with Crippen LogP contribution in [-0.4, -0.2) is 29.9 Å². The van der Waals surface area contributed by atoms with E-state index in [0.717, 1.165) is 32.1 Å². The molecule has 2 N–H and O–H groups in total. The average molecular weight is 308 g/mol. The molecule has 0 aromatic heterocycles. The Bertz CT molecular complexity index is 301. The highest BCUT2D eigenvalue weighted by Crippen LogP contribution is 2.18. The van der Waals surface area contributed by atoms with Crippen molar-refractivity contribution in [1.29, 1.82) is 0 Å². The molecule has 20 heavy (non-hydrogen) atoms. The second-order valence-corrected chi connectivity index (χ2v) is 7.32. The normalized spacial score (nSPS) is 13.6. The van der Waals surface area contributed by atoms with Crippen molar-refractivity contribution in [2.45, 2.75) is 89.2 Å². The summed E-state index contributed by atoms with van der Waals surface area (Å²) in [5, 5.41) is 8.07. The lowest BCUT2D eigenvalue weighted by atomic mass is 10.0. The summed E-state index contributed by atoms with van der Waals surface area (Å²) in [4.78, 5) is 0. The first kappa shape index (κ1) is 19.9. The van der Waals surface area contributed by atoms with E-state index < -0.39 is 15.4 Å². The van der Waals surface area contributed by atoms with E-state index in [4.69, 9.17) is 5.11 Å². The van der Waals surface area contributed by atoms with Crippen LogP contribution in [0.4, 0.5) is 0 Å². The minimum atomic E-state index is -3.92. The zero-order valence-electron chi connectivity index (χ0n) is 12.9. The Balaban J connectivity index is 3.77. The maximum atomic E-state index is 11.3. The first-order valence-electron chi connectivity index (χ1n) is 8.09. The minimum Gasteiger partial charge on any atom is -0.396 e. The summed E-state index contributed by atoms with van der Waals surface area (Å²) >= 11 is 0. The summed E-state index contributed by atoms with van der Waals surface area (Å²) in [6, 6.07) is 0. The Hall–Kier alpha value is -0.130. The number of hydrogen-bond donors (Lipinski definition) is 2. The molecule has 0 aliphatic rings. The molecule has 0 amide bonds. The van der Waals surface area contributed by atoms with Crippen LogP contribution in [0.3, 0.4) is 0 Å². The fourth-order valence-electron chi connectivity index (χ4n) is 2.43. The fourth-order valence-corrected chi connectivity index (χ4v) is 3.36. The fraction of sp³-hybridized carbons (Fsp3) is 1.00. The molecule has 0 saturated heterocycles. The van der Waals surface area contributed by atoms with Gasteiger partial charge in [0.1, 0.15) is 0 Å². The van der Waals surface area contributed by atoms with Crippen LogP contribution in [0.5, 0.6) is 0 Å². The van der Waals surface area contributed by atoms with E-state index in [1.165, 1.54) is 25.7 Å². The number of unbranched alkanes of at least 4 members (excludes halogenated alkanes) is 8. The predicted molar refractivity (Wildman–Crippen MR) is 83.5 cm³/mol. The minimum absolute atomic E-state index is 0.147. The van der Waals surface area contributed by atoms with Crippen molar-refractivity contribution in [3.63, 3.8) is 0 Å². The highest BCUT2D eigenvalue weighted by Gasteiger charge is 2.21. The van der Waals surface area contributed by atoms with Gasteiger partial charge < -0.3 is 5.11 Å². The topological polar surface area (TPSA) is 74.6 Å². The molecule has 0 aliphatic carbocycles. The van der Waals surface area contributed by atoms with Gasteiger partial charge in [-0.1, -0.05) is 64.7 Å². The highest BCUT2D eigenvalue weighted by molar-refractivity contribution is 7.86. The van der Waals surface area contributed by atoms with Crippen LogP contribution in [0.2, 0.25) is 0 Å². The molecule has 1 atom stereocenters. The van der Waals surface area contributed by atoms with Crippen molar-refractivity contribution in [2.75, 3.05) is 6.61 Å². The van der Waals surface area contributed by atoms with Crippen LogP contribution >= 0.6 is 0 Å². The Morgan fingerprint density at radius 1 is 0.800 bits per heavy atom. The zero-order valence-corrected chi connectivity index (χ0v) is 13.7. The van der Waals surface area contributed by atoms with Crippen molar-refractivity contribution in [1.82, 2.24) is 0 Å². The monoisotopic (exact) mass is 308 g/mol. The van der Waals surface area contributed by atoms with Crippen LogP contribution in [-0.2, 0) is 10.1 Å². The lowest BCUT2D eigenvalue weighted by molar-refractivity contribution is 0.282. The molecule has 0 rings (SSSR count). The first-order valence-corrected chi connectivity index (χ1v) is 9.59. The Morgan fingerprint density at radius 3 is 1.70 bits per heavy atom. The Labute approximate surface area is 124 Å². The molecule has 5 heteroatoms. The zero-order chi connectivity index (χ0) is 15.3.